The third-order valence-electron chi connectivity index (χ3n) is 3.88. The van der Waals surface area contributed by atoms with Gasteiger partial charge in [-0.15, -0.1) is 0 Å². The topological polar surface area (TPSA) is 53.1 Å². The molecule has 2 rings (SSSR count). The Labute approximate surface area is 122 Å². The molecule has 112 valence electrons. The van der Waals surface area contributed by atoms with E-state index in [0.29, 0.717) is 0 Å². The molecule has 1 saturated heterocycles. The molecule has 0 spiro atoms. The van der Waals surface area contributed by atoms with Gasteiger partial charge in [-0.25, -0.2) is 4.98 Å². The number of hydrogen-bond donors (Lipinski definition) is 2. The molecule has 0 aliphatic carbocycles. The second-order valence-corrected chi connectivity index (χ2v) is 5.58. The van der Waals surface area contributed by atoms with E-state index in [2.05, 4.69) is 46.3 Å². The van der Waals surface area contributed by atoms with Crippen LogP contribution in [-0.4, -0.2) is 47.6 Å². The van der Waals surface area contributed by atoms with Gasteiger partial charge in [0.05, 0.1) is 0 Å². The number of anilines is 2. The lowest BCUT2D eigenvalue weighted by atomic mass is 10.1. The van der Waals surface area contributed by atoms with E-state index in [1.165, 1.54) is 19.5 Å². The van der Waals surface area contributed by atoms with Crippen LogP contribution < -0.4 is 10.6 Å². The Hall–Kier alpha value is -1.36. The van der Waals surface area contributed by atoms with Gasteiger partial charge in [0.1, 0.15) is 5.82 Å². The average Bonchev–Trinajstić information content (AvgIpc) is 2.93. The fraction of sp³-hybridized carbons (Fsp3) is 0.733. The zero-order valence-electron chi connectivity index (χ0n) is 12.9. The van der Waals surface area contributed by atoms with E-state index in [1.54, 1.807) is 0 Å². The lowest BCUT2D eigenvalue weighted by molar-refractivity contribution is 0.345. The van der Waals surface area contributed by atoms with Gasteiger partial charge >= 0.3 is 0 Å². The van der Waals surface area contributed by atoms with Crippen molar-refractivity contribution in [2.75, 3.05) is 43.4 Å². The zero-order chi connectivity index (χ0) is 14.4. The van der Waals surface area contributed by atoms with Crippen LogP contribution in [0.5, 0.6) is 0 Å². The highest BCUT2D eigenvalue weighted by molar-refractivity contribution is 5.46. The van der Waals surface area contributed by atoms with Gasteiger partial charge in [0.15, 0.2) is 0 Å². The predicted octanol–water partition coefficient (Wildman–Crippen LogP) is 2.36. The smallest absolute Gasteiger partial charge is 0.224 e. The van der Waals surface area contributed by atoms with Crippen molar-refractivity contribution in [3.63, 3.8) is 0 Å². The lowest BCUT2D eigenvalue weighted by Gasteiger charge is -2.15. The second kappa shape index (κ2) is 7.43. The van der Waals surface area contributed by atoms with E-state index in [1.807, 2.05) is 6.20 Å². The monoisotopic (exact) mass is 277 g/mol. The molecule has 5 nitrogen and oxygen atoms in total. The van der Waals surface area contributed by atoms with E-state index in [4.69, 9.17) is 0 Å². The molecule has 2 heterocycles. The first-order chi connectivity index (χ1) is 9.72. The van der Waals surface area contributed by atoms with Gasteiger partial charge in [-0.3, -0.25) is 0 Å². The molecule has 2 N–H and O–H groups in total. The minimum absolute atomic E-state index is 0.724. The highest BCUT2D eigenvalue weighted by Crippen LogP contribution is 2.18. The van der Waals surface area contributed by atoms with Crippen molar-refractivity contribution in [3.05, 3.63) is 11.8 Å². The number of nitrogens with one attached hydrogen (secondary N) is 2. The normalized spacial score (nSPS) is 19.2. The Morgan fingerprint density at radius 1 is 1.35 bits per heavy atom. The van der Waals surface area contributed by atoms with E-state index >= 15 is 0 Å². The molecule has 1 atom stereocenters. The van der Waals surface area contributed by atoms with Crippen molar-refractivity contribution >= 4 is 11.8 Å². The first kappa shape index (κ1) is 15.0. The van der Waals surface area contributed by atoms with Gasteiger partial charge in [-0.1, -0.05) is 13.8 Å². The first-order valence-electron chi connectivity index (χ1n) is 7.76. The quantitative estimate of drug-likeness (QED) is 0.801. The number of likely N-dealkylation sites (tertiary alicyclic amines) is 1. The Morgan fingerprint density at radius 3 is 2.90 bits per heavy atom. The van der Waals surface area contributed by atoms with Crippen LogP contribution >= 0.6 is 0 Å². The Morgan fingerprint density at radius 2 is 2.20 bits per heavy atom. The molecule has 20 heavy (non-hydrogen) atoms. The van der Waals surface area contributed by atoms with Crippen LogP contribution in [0.3, 0.4) is 0 Å². The highest BCUT2D eigenvalue weighted by atomic mass is 15.2. The Balaban J connectivity index is 1.88. The Kier molecular flexibility index (Phi) is 5.59. The molecule has 1 unspecified atom stereocenters. The molecule has 1 aliphatic heterocycles. The van der Waals surface area contributed by atoms with E-state index in [9.17, 15) is 0 Å². The lowest BCUT2D eigenvalue weighted by Crippen LogP contribution is -2.23. The molecule has 1 aromatic rings. The van der Waals surface area contributed by atoms with Gasteiger partial charge in [0.25, 0.3) is 0 Å². The summed E-state index contributed by atoms with van der Waals surface area (Å²) >= 11 is 0. The van der Waals surface area contributed by atoms with E-state index < -0.39 is 0 Å². The molecule has 1 aromatic heterocycles. The van der Waals surface area contributed by atoms with Crippen molar-refractivity contribution in [3.8, 4) is 0 Å². The zero-order valence-corrected chi connectivity index (χ0v) is 12.9. The summed E-state index contributed by atoms with van der Waals surface area (Å²) in [6.07, 6.45) is 4.25. The average molecular weight is 277 g/mol. The molecule has 0 aromatic carbocycles. The standard InChI is InChI=1S/C15H27N5/c1-4-7-16-15-18-9-12(3)14(19-15)17-10-13-6-8-20(5-2)11-13/h9,13H,4-8,10-11H2,1-3H3,(H2,16,17,18,19). The second-order valence-electron chi connectivity index (χ2n) is 5.58. The van der Waals surface area contributed by atoms with Gasteiger partial charge in [0.2, 0.25) is 5.95 Å². The maximum absolute atomic E-state index is 4.56. The van der Waals surface area contributed by atoms with Crippen LogP contribution in [0.4, 0.5) is 11.8 Å². The number of rotatable bonds is 7. The molecule has 0 saturated carbocycles. The predicted molar refractivity (Wildman–Crippen MR) is 84.3 cm³/mol. The van der Waals surface area contributed by atoms with Gasteiger partial charge in [0, 0.05) is 31.4 Å². The molecular formula is C15H27N5. The molecular weight excluding hydrogens is 250 g/mol. The largest absolute Gasteiger partial charge is 0.369 e. The highest BCUT2D eigenvalue weighted by Gasteiger charge is 2.21. The minimum Gasteiger partial charge on any atom is -0.369 e. The van der Waals surface area contributed by atoms with Crippen LogP contribution in [0.2, 0.25) is 0 Å². The molecule has 1 fully saturated rings. The van der Waals surface area contributed by atoms with Crippen LogP contribution in [0, 0.1) is 12.8 Å². The first-order valence-corrected chi connectivity index (χ1v) is 7.76. The van der Waals surface area contributed by atoms with Crippen molar-refractivity contribution in [2.45, 2.75) is 33.6 Å². The van der Waals surface area contributed by atoms with Crippen molar-refractivity contribution in [1.29, 1.82) is 0 Å². The van der Waals surface area contributed by atoms with Crippen molar-refractivity contribution in [1.82, 2.24) is 14.9 Å². The summed E-state index contributed by atoms with van der Waals surface area (Å²) in [5, 5.41) is 6.73. The maximum atomic E-state index is 4.56. The van der Waals surface area contributed by atoms with E-state index in [-0.39, 0.29) is 0 Å². The summed E-state index contributed by atoms with van der Waals surface area (Å²) in [7, 11) is 0. The van der Waals surface area contributed by atoms with Crippen molar-refractivity contribution in [2.24, 2.45) is 5.92 Å². The summed E-state index contributed by atoms with van der Waals surface area (Å²) in [6.45, 7) is 11.9. The number of aryl methyl sites for hydroxylation is 1. The van der Waals surface area contributed by atoms with Gasteiger partial charge < -0.3 is 15.5 Å². The molecule has 5 heteroatoms. The van der Waals surface area contributed by atoms with Crippen LogP contribution in [0.15, 0.2) is 6.20 Å². The minimum atomic E-state index is 0.724. The van der Waals surface area contributed by atoms with Gasteiger partial charge in [-0.05, 0) is 38.8 Å². The molecule has 0 radical (unpaired) electrons. The summed E-state index contributed by atoms with van der Waals surface area (Å²) in [4.78, 5) is 11.4. The number of aromatic nitrogens is 2. The maximum Gasteiger partial charge on any atom is 0.224 e. The summed E-state index contributed by atoms with van der Waals surface area (Å²) in [5.74, 6) is 2.42. The summed E-state index contributed by atoms with van der Waals surface area (Å²) in [5.41, 5.74) is 1.11. The van der Waals surface area contributed by atoms with Crippen LogP contribution in [0.1, 0.15) is 32.3 Å². The third kappa shape index (κ3) is 4.07. The van der Waals surface area contributed by atoms with Crippen LogP contribution in [0.25, 0.3) is 0 Å². The molecule has 0 amide bonds. The fourth-order valence-electron chi connectivity index (χ4n) is 2.55. The fourth-order valence-corrected chi connectivity index (χ4v) is 2.55. The Bertz CT molecular complexity index is 421. The SMILES string of the molecule is CCCNc1ncc(C)c(NCC2CCN(CC)C2)n1. The summed E-state index contributed by atoms with van der Waals surface area (Å²) in [6, 6.07) is 0. The van der Waals surface area contributed by atoms with Gasteiger partial charge in [-0.2, -0.15) is 4.98 Å². The molecule has 0 bridgehead atoms. The van der Waals surface area contributed by atoms with Crippen molar-refractivity contribution < 1.29 is 0 Å². The van der Waals surface area contributed by atoms with E-state index in [0.717, 1.165) is 49.3 Å². The molecule has 1 aliphatic rings. The number of hydrogen-bond acceptors (Lipinski definition) is 5. The third-order valence-corrected chi connectivity index (χ3v) is 3.88. The van der Waals surface area contributed by atoms with Crippen LogP contribution in [-0.2, 0) is 0 Å². The summed E-state index contributed by atoms with van der Waals surface area (Å²) < 4.78 is 0. The number of nitrogens with zero attached hydrogens (tertiary/aromatic N) is 3.